The summed E-state index contributed by atoms with van der Waals surface area (Å²) in [6.45, 7) is 5.66. The SMILES string of the molecule is CC(C)NCc1ccc(OCc2ccc(Cl)cc2)c(Br)c1.Cl. The molecular weight excluding hydrogens is 385 g/mol. The molecule has 0 saturated carbocycles. The number of halogens is 3. The second kappa shape index (κ2) is 9.41. The first kappa shape index (κ1) is 19.3. The Kier molecular flexibility index (Phi) is 8.26. The summed E-state index contributed by atoms with van der Waals surface area (Å²) >= 11 is 9.43. The van der Waals surface area contributed by atoms with Crippen molar-refractivity contribution in [2.24, 2.45) is 0 Å². The zero-order valence-corrected chi connectivity index (χ0v) is 15.8. The molecule has 0 radical (unpaired) electrons. The fourth-order valence-electron chi connectivity index (χ4n) is 1.84. The van der Waals surface area contributed by atoms with Crippen molar-refractivity contribution in [1.82, 2.24) is 5.32 Å². The molecule has 2 rings (SSSR count). The normalized spacial score (nSPS) is 10.4. The van der Waals surface area contributed by atoms with Crippen molar-refractivity contribution < 1.29 is 4.74 Å². The molecule has 0 atom stereocenters. The maximum absolute atomic E-state index is 5.87. The zero-order valence-electron chi connectivity index (χ0n) is 12.6. The molecule has 0 bridgehead atoms. The molecule has 22 heavy (non-hydrogen) atoms. The highest BCUT2D eigenvalue weighted by Crippen LogP contribution is 2.27. The van der Waals surface area contributed by atoms with Gasteiger partial charge in [0.25, 0.3) is 0 Å². The molecule has 2 nitrogen and oxygen atoms in total. The molecule has 0 fully saturated rings. The number of nitrogens with one attached hydrogen (secondary N) is 1. The van der Waals surface area contributed by atoms with Crippen LogP contribution in [0.25, 0.3) is 0 Å². The van der Waals surface area contributed by atoms with Gasteiger partial charge in [-0.1, -0.05) is 43.6 Å². The second-order valence-corrected chi connectivity index (χ2v) is 6.51. The Balaban J connectivity index is 0.00000242. The number of rotatable bonds is 6. The molecule has 0 amide bonds. The van der Waals surface area contributed by atoms with Crippen molar-refractivity contribution in [3.05, 3.63) is 63.1 Å². The Morgan fingerprint density at radius 2 is 1.73 bits per heavy atom. The van der Waals surface area contributed by atoms with E-state index in [9.17, 15) is 0 Å². The van der Waals surface area contributed by atoms with E-state index >= 15 is 0 Å². The monoisotopic (exact) mass is 403 g/mol. The molecule has 5 heteroatoms. The first-order valence-electron chi connectivity index (χ1n) is 6.93. The molecule has 0 unspecified atom stereocenters. The van der Waals surface area contributed by atoms with Crippen molar-refractivity contribution >= 4 is 39.9 Å². The van der Waals surface area contributed by atoms with Crippen LogP contribution in [0, 0.1) is 0 Å². The molecule has 0 heterocycles. The molecular formula is C17H20BrCl2NO. The standard InChI is InChI=1S/C17H19BrClNO.ClH/c1-12(2)20-10-14-5-8-17(16(18)9-14)21-11-13-3-6-15(19)7-4-13;/h3-9,12,20H,10-11H2,1-2H3;1H. The lowest BCUT2D eigenvalue weighted by molar-refractivity contribution is 0.304. The highest BCUT2D eigenvalue weighted by atomic mass is 79.9. The van der Waals surface area contributed by atoms with Gasteiger partial charge in [-0.2, -0.15) is 0 Å². The van der Waals surface area contributed by atoms with Crippen LogP contribution in [-0.4, -0.2) is 6.04 Å². The highest BCUT2D eigenvalue weighted by molar-refractivity contribution is 9.10. The van der Waals surface area contributed by atoms with Gasteiger partial charge in [-0.25, -0.2) is 0 Å². The second-order valence-electron chi connectivity index (χ2n) is 5.22. The maximum Gasteiger partial charge on any atom is 0.134 e. The fraction of sp³-hybridized carbons (Fsp3) is 0.294. The highest BCUT2D eigenvalue weighted by Gasteiger charge is 2.04. The van der Waals surface area contributed by atoms with E-state index in [1.54, 1.807) is 0 Å². The molecule has 120 valence electrons. The van der Waals surface area contributed by atoms with Gasteiger partial charge in [0.2, 0.25) is 0 Å². The van der Waals surface area contributed by atoms with Crippen molar-refractivity contribution in [3.63, 3.8) is 0 Å². The van der Waals surface area contributed by atoms with Gasteiger partial charge in [0.1, 0.15) is 12.4 Å². The topological polar surface area (TPSA) is 21.3 Å². The Labute approximate surface area is 151 Å². The molecule has 2 aromatic rings. The van der Waals surface area contributed by atoms with E-state index in [0.29, 0.717) is 12.6 Å². The summed E-state index contributed by atoms with van der Waals surface area (Å²) in [5, 5.41) is 4.14. The molecule has 1 N–H and O–H groups in total. The van der Waals surface area contributed by atoms with E-state index in [1.807, 2.05) is 30.3 Å². The van der Waals surface area contributed by atoms with E-state index in [-0.39, 0.29) is 12.4 Å². The summed E-state index contributed by atoms with van der Waals surface area (Å²) in [5.74, 6) is 0.846. The van der Waals surface area contributed by atoms with Gasteiger partial charge in [0.05, 0.1) is 4.47 Å². The smallest absolute Gasteiger partial charge is 0.134 e. The van der Waals surface area contributed by atoms with Gasteiger partial charge in [0, 0.05) is 17.6 Å². The predicted octanol–water partition coefficient (Wildman–Crippen LogP) is 5.60. The quantitative estimate of drug-likeness (QED) is 0.676. The summed E-state index contributed by atoms with van der Waals surface area (Å²) in [6, 6.07) is 14.3. The van der Waals surface area contributed by atoms with Crippen LogP contribution < -0.4 is 10.1 Å². The number of hydrogen-bond acceptors (Lipinski definition) is 2. The first-order chi connectivity index (χ1) is 10.0. The average molecular weight is 405 g/mol. The Hall–Kier alpha value is -0.740. The van der Waals surface area contributed by atoms with Gasteiger partial charge < -0.3 is 10.1 Å². The van der Waals surface area contributed by atoms with Crippen LogP contribution in [0.2, 0.25) is 5.02 Å². The Morgan fingerprint density at radius 3 is 2.32 bits per heavy atom. The predicted molar refractivity (Wildman–Crippen MR) is 99.1 cm³/mol. The Morgan fingerprint density at radius 1 is 1.09 bits per heavy atom. The number of benzene rings is 2. The molecule has 0 aliphatic heterocycles. The van der Waals surface area contributed by atoms with E-state index in [2.05, 4.69) is 47.2 Å². The fourth-order valence-corrected chi connectivity index (χ4v) is 2.50. The average Bonchev–Trinajstić information content (AvgIpc) is 2.46. The van der Waals surface area contributed by atoms with E-state index in [1.165, 1.54) is 5.56 Å². The lowest BCUT2D eigenvalue weighted by Crippen LogP contribution is -2.21. The van der Waals surface area contributed by atoms with Crippen LogP contribution in [0.4, 0.5) is 0 Å². The molecule has 0 aliphatic rings. The third kappa shape index (κ3) is 6.17. The minimum absolute atomic E-state index is 0. The van der Waals surface area contributed by atoms with Gasteiger partial charge in [-0.05, 0) is 51.3 Å². The van der Waals surface area contributed by atoms with Crippen LogP contribution >= 0.6 is 39.9 Å². The van der Waals surface area contributed by atoms with Gasteiger partial charge in [-0.15, -0.1) is 12.4 Å². The van der Waals surface area contributed by atoms with E-state index in [4.69, 9.17) is 16.3 Å². The summed E-state index contributed by atoms with van der Waals surface area (Å²) in [5.41, 5.74) is 2.33. The molecule has 0 aromatic heterocycles. The third-order valence-electron chi connectivity index (χ3n) is 3.02. The van der Waals surface area contributed by atoms with Crippen molar-refractivity contribution in [2.75, 3.05) is 0 Å². The minimum Gasteiger partial charge on any atom is -0.488 e. The third-order valence-corrected chi connectivity index (χ3v) is 3.89. The first-order valence-corrected chi connectivity index (χ1v) is 8.11. The summed E-state index contributed by atoms with van der Waals surface area (Å²) < 4.78 is 6.80. The zero-order chi connectivity index (χ0) is 15.2. The molecule has 0 spiro atoms. The largest absolute Gasteiger partial charge is 0.488 e. The van der Waals surface area contributed by atoms with Crippen LogP contribution in [0.15, 0.2) is 46.9 Å². The summed E-state index contributed by atoms with van der Waals surface area (Å²) in [6.07, 6.45) is 0. The molecule has 0 saturated heterocycles. The lowest BCUT2D eigenvalue weighted by atomic mass is 10.2. The summed E-state index contributed by atoms with van der Waals surface area (Å²) in [4.78, 5) is 0. The van der Waals surface area contributed by atoms with E-state index < -0.39 is 0 Å². The maximum atomic E-state index is 5.87. The molecule has 2 aromatic carbocycles. The summed E-state index contributed by atoms with van der Waals surface area (Å²) in [7, 11) is 0. The van der Waals surface area contributed by atoms with Gasteiger partial charge in [-0.3, -0.25) is 0 Å². The molecule has 0 aliphatic carbocycles. The number of hydrogen-bond donors (Lipinski definition) is 1. The lowest BCUT2D eigenvalue weighted by Gasteiger charge is -2.12. The van der Waals surface area contributed by atoms with Crippen molar-refractivity contribution in [1.29, 1.82) is 0 Å². The van der Waals surface area contributed by atoms with Crippen LogP contribution in [0.3, 0.4) is 0 Å². The number of ether oxygens (including phenoxy) is 1. The van der Waals surface area contributed by atoms with Crippen molar-refractivity contribution in [3.8, 4) is 5.75 Å². The van der Waals surface area contributed by atoms with Crippen molar-refractivity contribution in [2.45, 2.75) is 33.0 Å². The van der Waals surface area contributed by atoms with Crippen LogP contribution in [-0.2, 0) is 13.2 Å². The Bertz CT molecular complexity index is 588. The van der Waals surface area contributed by atoms with Gasteiger partial charge in [0.15, 0.2) is 0 Å². The van der Waals surface area contributed by atoms with Crippen LogP contribution in [0.5, 0.6) is 5.75 Å². The van der Waals surface area contributed by atoms with Gasteiger partial charge >= 0.3 is 0 Å². The van der Waals surface area contributed by atoms with Crippen LogP contribution in [0.1, 0.15) is 25.0 Å². The van der Waals surface area contributed by atoms with E-state index in [0.717, 1.165) is 27.4 Å². The minimum atomic E-state index is 0.